The molecule has 0 heterocycles. The number of nitrogens with zero attached hydrogens (tertiary/aromatic N) is 6. The Hall–Kier alpha value is -4.58. The minimum atomic E-state index is 0.822. The third-order valence-corrected chi connectivity index (χ3v) is 6.77. The summed E-state index contributed by atoms with van der Waals surface area (Å²) in [6.07, 6.45) is 4.17. The van der Waals surface area contributed by atoms with Gasteiger partial charge in [0.15, 0.2) is 0 Å². The highest BCUT2D eigenvalue weighted by molar-refractivity contribution is 5.70. The predicted octanol–water partition coefficient (Wildman–Crippen LogP) is 10.4. The lowest BCUT2D eigenvalue weighted by Gasteiger charge is -2.20. The van der Waals surface area contributed by atoms with Crippen LogP contribution in [-0.2, 0) is 0 Å². The van der Waals surface area contributed by atoms with Gasteiger partial charge in [0.25, 0.3) is 0 Å². The molecule has 0 saturated heterocycles. The van der Waals surface area contributed by atoms with Crippen LogP contribution in [0.3, 0.4) is 0 Å². The standard InChI is InChI=1S/C34H38N6/c1-5-39(6-2)33-23-19-31(20-24-33)37-35-29-15-11-27(12-16-29)9-10-28-13-17-30(18-14-28)36-38-32-21-25-34(26-22-32)40(7-3)8-4/h9-26H,5-8H2,1-4H3/b10-9+,37-35+,38-36+. The largest absolute Gasteiger partial charge is 0.372 e. The van der Waals surface area contributed by atoms with Crippen LogP contribution in [0, 0.1) is 0 Å². The molecule has 0 aliphatic heterocycles. The number of hydrogen-bond acceptors (Lipinski definition) is 6. The molecule has 0 aromatic heterocycles. The van der Waals surface area contributed by atoms with Crippen molar-refractivity contribution in [3.63, 3.8) is 0 Å². The second kappa shape index (κ2) is 14.5. The van der Waals surface area contributed by atoms with Crippen LogP contribution >= 0.6 is 0 Å². The SMILES string of the molecule is CCN(CC)c1ccc(/N=N/c2ccc(/C=C/c3ccc(/N=N/c4ccc(N(CC)CC)cc4)cc3)cc2)cc1. The van der Waals surface area contributed by atoms with Crippen LogP contribution in [0.15, 0.2) is 118 Å². The highest BCUT2D eigenvalue weighted by Gasteiger charge is 2.02. The summed E-state index contributed by atoms with van der Waals surface area (Å²) in [6, 6.07) is 32.5. The zero-order valence-electron chi connectivity index (χ0n) is 23.9. The summed E-state index contributed by atoms with van der Waals surface area (Å²) in [7, 11) is 0. The molecule has 0 spiro atoms. The molecule has 0 fully saturated rings. The molecule has 4 rings (SSSR count). The van der Waals surface area contributed by atoms with Gasteiger partial charge in [-0.05, 0) is 112 Å². The summed E-state index contributed by atoms with van der Waals surface area (Å²) < 4.78 is 0. The van der Waals surface area contributed by atoms with Crippen molar-refractivity contribution in [1.29, 1.82) is 0 Å². The lowest BCUT2D eigenvalue weighted by molar-refractivity contribution is 0.866. The normalized spacial score (nSPS) is 11.6. The van der Waals surface area contributed by atoms with Crippen molar-refractivity contribution in [2.45, 2.75) is 27.7 Å². The van der Waals surface area contributed by atoms with E-state index in [-0.39, 0.29) is 0 Å². The van der Waals surface area contributed by atoms with Crippen LogP contribution in [0.1, 0.15) is 38.8 Å². The number of benzene rings is 4. The van der Waals surface area contributed by atoms with Gasteiger partial charge < -0.3 is 9.80 Å². The molecular formula is C34H38N6. The van der Waals surface area contributed by atoms with E-state index in [0.717, 1.165) is 60.1 Å². The Morgan fingerprint density at radius 1 is 0.400 bits per heavy atom. The first-order valence-electron chi connectivity index (χ1n) is 14.0. The van der Waals surface area contributed by atoms with Gasteiger partial charge >= 0.3 is 0 Å². The molecule has 4 aromatic carbocycles. The average molecular weight is 531 g/mol. The molecule has 204 valence electrons. The first-order valence-corrected chi connectivity index (χ1v) is 14.0. The Morgan fingerprint density at radius 2 is 0.650 bits per heavy atom. The Kier molecular flexibility index (Phi) is 10.3. The van der Waals surface area contributed by atoms with Gasteiger partial charge in [-0.15, -0.1) is 0 Å². The zero-order valence-corrected chi connectivity index (χ0v) is 23.9. The van der Waals surface area contributed by atoms with Gasteiger partial charge in [-0.3, -0.25) is 0 Å². The fraction of sp³-hybridized carbons (Fsp3) is 0.235. The Bertz CT molecular complexity index is 1280. The Morgan fingerprint density at radius 3 is 0.900 bits per heavy atom. The lowest BCUT2D eigenvalue weighted by Crippen LogP contribution is -2.21. The lowest BCUT2D eigenvalue weighted by atomic mass is 10.1. The van der Waals surface area contributed by atoms with Gasteiger partial charge in [0.2, 0.25) is 0 Å². The third-order valence-electron chi connectivity index (χ3n) is 6.77. The van der Waals surface area contributed by atoms with E-state index < -0.39 is 0 Å². The molecule has 6 nitrogen and oxygen atoms in total. The Balaban J connectivity index is 1.31. The van der Waals surface area contributed by atoms with E-state index >= 15 is 0 Å². The number of rotatable bonds is 12. The van der Waals surface area contributed by atoms with Crippen LogP contribution in [0.5, 0.6) is 0 Å². The van der Waals surface area contributed by atoms with E-state index in [4.69, 9.17) is 0 Å². The van der Waals surface area contributed by atoms with Crippen LogP contribution in [0.2, 0.25) is 0 Å². The number of hydrogen-bond donors (Lipinski definition) is 0. The second-order valence-electron chi connectivity index (χ2n) is 9.29. The summed E-state index contributed by atoms with van der Waals surface area (Å²) >= 11 is 0. The molecule has 0 atom stereocenters. The van der Waals surface area contributed by atoms with Crippen molar-refractivity contribution in [3.05, 3.63) is 108 Å². The molecule has 0 radical (unpaired) electrons. The van der Waals surface area contributed by atoms with Crippen molar-refractivity contribution in [2.24, 2.45) is 20.5 Å². The molecule has 0 N–H and O–H groups in total. The van der Waals surface area contributed by atoms with E-state index in [1.807, 2.05) is 72.8 Å². The summed E-state index contributed by atoms with van der Waals surface area (Å²) in [5.41, 5.74) is 7.93. The van der Waals surface area contributed by atoms with E-state index in [1.54, 1.807) is 0 Å². The Labute approximate surface area is 238 Å². The highest BCUT2D eigenvalue weighted by atomic mass is 15.1. The monoisotopic (exact) mass is 530 g/mol. The number of anilines is 2. The van der Waals surface area contributed by atoms with Crippen LogP contribution in [-0.4, -0.2) is 26.2 Å². The van der Waals surface area contributed by atoms with Gasteiger partial charge in [-0.2, -0.15) is 20.5 Å². The first-order chi connectivity index (χ1) is 19.6. The molecule has 6 heteroatoms. The molecule has 0 aliphatic rings. The molecule has 40 heavy (non-hydrogen) atoms. The highest BCUT2D eigenvalue weighted by Crippen LogP contribution is 2.24. The van der Waals surface area contributed by atoms with Gasteiger partial charge in [0.05, 0.1) is 22.7 Å². The quantitative estimate of drug-likeness (QED) is 0.135. The van der Waals surface area contributed by atoms with E-state index in [1.165, 1.54) is 11.4 Å². The summed E-state index contributed by atoms with van der Waals surface area (Å²) in [4.78, 5) is 4.61. The maximum Gasteiger partial charge on any atom is 0.0858 e. The fourth-order valence-electron chi connectivity index (χ4n) is 4.37. The smallest absolute Gasteiger partial charge is 0.0858 e. The van der Waals surface area contributed by atoms with Gasteiger partial charge in [0, 0.05) is 37.6 Å². The fourth-order valence-corrected chi connectivity index (χ4v) is 4.37. The first kappa shape index (κ1) is 28.4. The van der Waals surface area contributed by atoms with Crippen LogP contribution in [0.4, 0.5) is 34.1 Å². The van der Waals surface area contributed by atoms with Crippen LogP contribution < -0.4 is 9.80 Å². The molecule has 0 amide bonds. The maximum absolute atomic E-state index is 4.39. The van der Waals surface area contributed by atoms with Crippen LogP contribution in [0.25, 0.3) is 12.2 Å². The van der Waals surface area contributed by atoms with Gasteiger partial charge in [-0.25, -0.2) is 0 Å². The molecule has 0 saturated carbocycles. The molecular weight excluding hydrogens is 492 g/mol. The summed E-state index contributed by atoms with van der Waals surface area (Å²) in [5.74, 6) is 0. The third kappa shape index (κ3) is 7.96. The summed E-state index contributed by atoms with van der Waals surface area (Å²) in [5, 5.41) is 17.5. The topological polar surface area (TPSA) is 55.9 Å². The van der Waals surface area contributed by atoms with Crippen molar-refractivity contribution in [1.82, 2.24) is 0 Å². The molecule has 4 aromatic rings. The molecule has 0 aliphatic carbocycles. The average Bonchev–Trinajstić information content (AvgIpc) is 3.01. The minimum absolute atomic E-state index is 0.822. The molecule has 0 unspecified atom stereocenters. The van der Waals surface area contributed by atoms with E-state index in [0.29, 0.717) is 0 Å². The maximum atomic E-state index is 4.39. The van der Waals surface area contributed by atoms with Gasteiger partial charge in [-0.1, -0.05) is 36.4 Å². The van der Waals surface area contributed by atoms with E-state index in [2.05, 4.69) is 94.4 Å². The predicted molar refractivity (Wildman–Crippen MR) is 170 cm³/mol. The van der Waals surface area contributed by atoms with Crippen molar-refractivity contribution in [2.75, 3.05) is 36.0 Å². The van der Waals surface area contributed by atoms with Crippen molar-refractivity contribution >= 4 is 46.3 Å². The van der Waals surface area contributed by atoms with Gasteiger partial charge in [0.1, 0.15) is 0 Å². The second-order valence-corrected chi connectivity index (χ2v) is 9.29. The van der Waals surface area contributed by atoms with Crippen molar-refractivity contribution in [3.8, 4) is 0 Å². The minimum Gasteiger partial charge on any atom is -0.372 e. The summed E-state index contributed by atoms with van der Waals surface area (Å²) in [6.45, 7) is 12.6. The van der Waals surface area contributed by atoms with Crippen molar-refractivity contribution < 1.29 is 0 Å². The zero-order chi connectivity index (χ0) is 28.2. The molecule has 0 bridgehead atoms. The number of azo groups is 2. The van der Waals surface area contributed by atoms with E-state index in [9.17, 15) is 0 Å².